The van der Waals surface area contributed by atoms with E-state index in [0.717, 1.165) is 0 Å². The molecule has 0 aliphatic rings. The molecular weight excluding hydrogens is 306 g/mol. The first kappa shape index (κ1) is 17.9. The van der Waals surface area contributed by atoms with Gasteiger partial charge in [0.15, 0.2) is 0 Å². The van der Waals surface area contributed by atoms with Gasteiger partial charge in [-0.2, -0.15) is 5.26 Å². The topological polar surface area (TPSA) is 103 Å². The molecule has 0 saturated carbocycles. The Morgan fingerprint density at radius 3 is 2.64 bits per heavy atom. The van der Waals surface area contributed by atoms with Crippen molar-refractivity contribution in [2.45, 2.75) is 13.8 Å². The quantitative estimate of drug-likeness (QED) is 0.567. The van der Waals surface area contributed by atoms with E-state index in [1.54, 1.807) is 32.0 Å². The number of rotatable bonds is 8. The van der Waals surface area contributed by atoms with Gasteiger partial charge in [-0.1, -0.05) is 13.8 Å². The highest BCUT2D eigenvalue weighted by Gasteiger charge is 2.19. The van der Waals surface area contributed by atoms with Crippen molar-refractivity contribution >= 4 is 22.0 Å². The molecule has 0 spiro atoms. The zero-order valence-corrected chi connectivity index (χ0v) is 13.4. The molecule has 0 aromatic carbocycles. The number of carbonyl (C=O) groups is 1. The lowest BCUT2D eigenvalue weighted by Crippen LogP contribution is -2.37. The lowest BCUT2D eigenvalue weighted by atomic mass is 10.2. The number of nitrogens with zero attached hydrogens (tertiary/aromatic N) is 2. The summed E-state index contributed by atoms with van der Waals surface area (Å²) in [4.78, 5) is 11.8. The minimum atomic E-state index is -3.40. The normalized spacial score (nSPS) is 12.2. The van der Waals surface area contributed by atoms with Gasteiger partial charge in [-0.05, 0) is 12.1 Å². The van der Waals surface area contributed by atoms with Crippen LogP contribution in [0, 0.1) is 11.3 Å². The summed E-state index contributed by atoms with van der Waals surface area (Å²) in [6.07, 6.45) is 2.73. The van der Waals surface area contributed by atoms with Crippen LogP contribution in [0.15, 0.2) is 28.4 Å². The summed E-state index contributed by atoms with van der Waals surface area (Å²) in [7, 11) is -3.40. The summed E-state index contributed by atoms with van der Waals surface area (Å²) in [5, 5.41) is 11.4. The Morgan fingerprint density at radius 2 is 2.14 bits per heavy atom. The highest BCUT2D eigenvalue weighted by Crippen LogP contribution is 2.07. The van der Waals surface area contributed by atoms with Crippen molar-refractivity contribution in [3.63, 3.8) is 0 Å². The molecule has 7 nitrogen and oxygen atoms in total. The summed E-state index contributed by atoms with van der Waals surface area (Å²) in [5.41, 5.74) is -0.143. The highest BCUT2D eigenvalue weighted by atomic mass is 32.2. The average molecular weight is 325 g/mol. The number of nitriles is 1. The molecule has 0 radical (unpaired) electrons. The summed E-state index contributed by atoms with van der Waals surface area (Å²) >= 11 is 0. The van der Waals surface area contributed by atoms with Crippen LogP contribution in [0.2, 0.25) is 0 Å². The van der Waals surface area contributed by atoms with Gasteiger partial charge in [0.2, 0.25) is 10.0 Å². The highest BCUT2D eigenvalue weighted by molar-refractivity contribution is 7.89. The Morgan fingerprint density at radius 1 is 1.45 bits per heavy atom. The molecule has 0 fully saturated rings. The van der Waals surface area contributed by atoms with Gasteiger partial charge in [0.25, 0.3) is 5.91 Å². The van der Waals surface area contributed by atoms with Crippen molar-refractivity contribution in [1.29, 1.82) is 5.26 Å². The van der Waals surface area contributed by atoms with Gasteiger partial charge in [0.1, 0.15) is 17.4 Å². The Bertz CT molecular complexity index is 653. The standard InChI is InChI=1S/C14H19N3O4S/c1-3-17(4-2)22(19,20)9-7-16-14(18)12(11-15)10-13-6-5-8-21-13/h5-6,8,10H,3-4,7,9H2,1-2H3,(H,16,18)/b12-10-. The molecule has 0 atom stereocenters. The van der Waals surface area contributed by atoms with Crippen LogP contribution in [0.5, 0.6) is 0 Å². The number of nitrogens with one attached hydrogen (secondary N) is 1. The maximum Gasteiger partial charge on any atom is 0.262 e. The molecule has 1 N–H and O–H groups in total. The average Bonchev–Trinajstić information content (AvgIpc) is 2.98. The fourth-order valence-electron chi connectivity index (χ4n) is 1.80. The fourth-order valence-corrected chi connectivity index (χ4v) is 3.20. The second-order valence-electron chi connectivity index (χ2n) is 4.34. The molecule has 0 aliphatic carbocycles. The molecule has 1 aromatic heterocycles. The Hall–Kier alpha value is -2.11. The van der Waals surface area contributed by atoms with E-state index in [-0.39, 0.29) is 17.9 Å². The number of hydrogen-bond acceptors (Lipinski definition) is 5. The minimum Gasteiger partial charge on any atom is -0.465 e. The molecule has 1 amide bonds. The maximum absolute atomic E-state index is 12.0. The number of sulfonamides is 1. The third kappa shape index (κ3) is 5.02. The Balaban J connectivity index is 2.61. The van der Waals surface area contributed by atoms with Gasteiger partial charge in [0, 0.05) is 25.7 Å². The predicted octanol–water partition coefficient (Wildman–Crippen LogP) is 0.974. The monoisotopic (exact) mass is 325 g/mol. The third-order valence-electron chi connectivity index (χ3n) is 2.94. The van der Waals surface area contributed by atoms with E-state index in [2.05, 4.69) is 5.32 Å². The number of carbonyl (C=O) groups excluding carboxylic acids is 1. The molecule has 120 valence electrons. The van der Waals surface area contributed by atoms with E-state index in [0.29, 0.717) is 18.8 Å². The minimum absolute atomic E-state index is 0.0607. The van der Waals surface area contributed by atoms with E-state index in [9.17, 15) is 13.2 Å². The molecule has 0 bridgehead atoms. The van der Waals surface area contributed by atoms with Crippen LogP contribution in [0.25, 0.3) is 6.08 Å². The summed E-state index contributed by atoms with van der Waals surface area (Å²) < 4.78 is 30.2. The predicted molar refractivity (Wildman–Crippen MR) is 82.0 cm³/mol. The van der Waals surface area contributed by atoms with Gasteiger partial charge >= 0.3 is 0 Å². The van der Waals surface area contributed by atoms with Crippen LogP contribution >= 0.6 is 0 Å². The molecule has 0 saturated heterocycles. The number of hydrogen-bond donors (Lipinski definition) is 1. The number of furan rings is 1. The van der Waals surface area contributed by atoms with Crippen molar-refractivity contribution < 1.29 is 17.6 Å². The molecule has 22 heavy (non-hydrogen) atoms. The van der Waals surface area contributed by atoms with Crippen LogP contribution in [0.1, 0.15) is 19.6 Å². The maximum atomic E-state index is 12.0. The van der Waals surface area contributed by atoms with E-state index in [1.807, 2.05) is 0 Å². The summed E-state index contributed by atoms with van der Waals surface area (Å²) in [6, 6.07) is 5.00. The van der Waals surface area contributed by atoms with Gasteiger partial charge < -0.3 is 9.73 Å². The van der Waals surface area contributed by atoms with Gasteiger partial charge in [0.05, 0.1) is 12.0 Å². The van der Waals surface area contributed by atoms with Gasteiger partial charge in [-0.3, -0.25) is 4.79 Å². The lowest BCUT2D eigenvalue weighted by Gasteiger charge is -2.18. The van der Waals surface area contributed by atoms with Gasteiger partial charge in [-0.25, -0.2) is 12.7 Å². The largest absolute Gasteiger partial charge is 0.465 e. The zero-order valence-electron chi connectivity index (χ0n) is 12.6. The van der Waals surface area contributed by atoms with Crippen molar-refractivity contribution in [2.24, 2.45) is 0 Å². The van der Waals surface area contributed by atoms with E-state index < -0.39 is 15.9 Å². The van der Waals surface area contributed by atoms with Crippen LogP contribution in [-0.2, 0) is 14.8 Å². The fraction of sp³-hybridized carbons (Fsp3) is 0.429. The summed E-state index contributed by atoms with van der Waals surface area (Å²) in [5.74, 6) is -0.462. The first-order valence-electron chi connectivity index (χ1n) is 6.86. The molecule has 1 aromatic rings. The second kappa shape index (κ2) is 8.36. The first-order chi connectivity index (χ1) is 10.4. The van der Waals surface area contributed by atoms with Crippen molar-refractivity contribution in [1.82, 2.24) is 9.62 Å². The molecule has 1 rings (SSSR count). The molecule has 1 heterocycles. The Kier molecular flexibility index (Phi) is 6.82. The SMILES string of the molecule is CCN(CC)S(=O)(=O)CCNC(=O)/C(C#N)=C\c1ccco1. The van der Waals surface area contributed by atoms with E-state index >= 15 is 0 Å². The second-order valence-corrected chi connectivity index (χ2v) is 6.43. The van der Waals surface area contributed by atoms with Crippen LogP contribution in [0.3, 0.4) is 0 Å². The smallest absolute Gasteiger partial charge is 0.262 e. The van der Waals surface area contributed by atoms with E-state index in [4.69, 9.17) is 9.68 Å². The molecule has 0 aliphatic heterocycles. The lowest BCUT2D eigenvalue weighted by molar-refractivity contribution is -0.116. The zero-order chi connectivity index (χ0) is 16.6. The van der Waals surface area contributed by atoms with Crippen LogP contribution < -0.4 is 5.32 Å². The Labute approximate surface area is 130 Å². The van der Waals surface area contributed by atoms with E-state index in [1.165, 1.54) is 16.6 Å². The van der Waals surface area contributed by atoms with Crippen molar-refractivity contribution in [3.05, 3.63) is 29.7 Å². The van der Waals surface area contributed by atoms with Gasteiger partial charge in [-0.15, -0.1) is 0 Å². The summed E-state index contributed by atoms with van der Waals surface area (Å²) in [6.45, 7) is 4.21. The first-order valence-corrected chi connectivity index (χ1v) is 8.46. The van der Waals surface area contributed by atoms with Crippen molar-refractivity contribution in [2.75, 3.05) is 25.4 Å². The van der Waals surface area contributed by atoms with Crippen LogP contribution in [-0.4, -0.2) is 44.0 Å². The molecular formula is C14H19N3O4S. The van der Waals surface area contributed by atoms with Crippen LogP contribution in [0.4, 0.5) is 0 Å². The number of amides is 1. The van der Waals surface area contributed by atoms with Crippen molar-refractivity contribution in [3.8, 4) is 6.07 Å². The third-order valence-corrected chi connectivity index (χ3v) is 4.96. The molecule has 8 heteroatoms. The molecule has 0 unspecified atom stereocenters.